The number of hydrogen-bond acceptors (Lipinski definition) is 5. The molecule has 0 radical (unpaired) electrons. The van der Waals surface area contributed by atoms with Crippen LogP contribution in [-0.2, 0) is 19.1 Å². The molecule has 0 aromatic heterocycles. The quantitative estimate of drug-likeness (QED) is 0.281. The SMILES string of the molecule is O=C(COC(=O)c1cccc(N2C(=O)[C@@H]3[C@@H]4C[C@@H]([C@@H]3C2=O)[C@@H](c2ccccc2)C4)c1)Nc1ccc(Br)cc1Cl. The van der Waals surface area contributed by atoms with Crippen LogP contribution in [0.1, 0.15) is 34.7 Å². The van der Waals surface area contributed by atoms with Gasteiger partial charge in [0, 0.05) is 4.47 Å². The van der Waals surface area contributed by atoms with Gasteiger partial charge in [0.1, 0.15) is 0 Å². The van der Waals surface area contributed by atoms with E-state index < -0.39 is 18.5 Å². The number of amides is 3. The molecule has 198 valence electrons. The molecule has 39 heavy (non-hydrogen) atoms. The van der Waals surface area contributed by atoms with E-state index in [4.69, 9.17) is 16.3 Å². The highest BCUT2D eigenvalue weighted by Crippen LogP contribution is 2.61. The van der Waals surface area contributed by atoms with Gasteiger partial charge < -0.3 is 10.1 Å². The van der Waals surface area contributed by atoms with E-state index >= 15 is 0 Å². The standard InChI is InChI=1S/C30H24BrClN2O5/c31-19-9-10-24(23(32)14-19)33-25(35)15-39-30(38)17-7-4-8-20(11-17)34-28(36)26-18-12-21(16-5-2-1-3-6-16)22(13-18)27(26)29(34)37/h1-11,14,18,21-22,26-27H,12-13,15H2,(H,33,35)/t18-,21+,22+,26+,27-/m0/s1. The highest BCUT2D eigenvalue weighted by Gasteiger charge is 2.64. The lowest BCUT2D eigenvalue weighted by Crippen LogP contribution is -2.33. The van der Waals surface area contributed by atoms with E-state index in [1.807, 2.05) is 18.2 Å². The van der Waals surface area contributed by atoms with E-state index in [-0.39, 0.29) is 47.0 Å². The smallest absolute Gasteiger partial charge is 0.338 e. The van der Waals surface area contributed by atoms with Gasteiger partial charge in [0.05, 0.1) is 33.8 Å². The number of rotatable bonds is 6. The van der Waals surface area contributed by atoms with Gasteiger partial charge in [-0.15, -0.1) is 0 Å². The first-order valence-electron chi connectivity index (χ1n) is 12.8. The number of nitrogens with one attached hydrogen (secondary N) is 1. The van der Waals surface area contributed by atoms with Gasteiger partial charge in [-0.1, -0.05) is 63.9 Å². The van der Waals surface area contributed by atoms with Gasteiger partial charge in [-0.05, 0) is 72.6 Å². The molecule has 3 fully saturated rings. The highest BCUT2D eigenvalue weighted by molar-refractivity contribution is 9.10. The van der Waals surface area contributed by atoms with Gasteiger partial charge in [0.15, 0.2) is 6.61 Å². The second kappa shape index (κ2) is 10.2. The number of anilines is 2. The van der Waals surface area contributed by atoms with E-state index in [1.165, 1.54) is 22.6 Å². The average Bonchev–Trinajstić information content (AvgIpc) is 3.60. The second-order valence-corrected chi connectivity index (χ2v) is 11.6. The van der Waals surface area contributed by atoms with Gasteiger partial charge in [-0.25, -0.2) is 4.79 Å². The highest BCUT2D eigenvalue weighted by atomic mass is 79.9. The van der Waals surface area contributed by atoms with Crippen molar-refractivity contribution in [1.82, 2.24) is 0 Å². The number of hydrogen-bond donors (Lipinski definition) is 1. The van der Waals surface area contributed by atoms with E-state index in [9.17, 15) is 19.2 Å². The van der Waals surface area contributed by atoms with Crippen molar-refractivity contribution < 1.29 is 23.9 Å². The monoisotopic (exact) mass is 606 g/mol. The van der Waals surface area contributed by atoms with Gasteiger partial charge in [0.2, 0.25) is 11.8 Å². The molecule has 3 aliphatic rings. The zero-order valence-electron chi connectivity index (χ0n) is 20.7. The van der Waals surface area contributed by atoms with E-state index in [1.54, 1.807) is 30.3 Å². The minimum atomic E-state index is -0.739. The fourth-order valence-electron chi connectivity index (χ4n) is 6.56. The zero-order valence-corrected chi connectivity index (χ0v) is 23.0. The Morgan fingerprint density at radius 2 is 1.72 bits per heavy atom. The number of imide groups is 1. The first-order chi connectivity index (χ1) is 18.8. The van der Waals surface area contributed by atoms with Crippen LogP contribution in [0.15, 0.2) is 77.3 Å². The topological polar surface area (TPSA) is 92.8 Å². The van der Waals surface area contributed by atoms with Crippen LogP contribution >= 0.6 is 27.5 Å². The van der Waals surface area contributed by atoms with E-state index in [0.29, 0.717) is 16.4 Å². The van der Waals surface area contributed by atoms with Crippen LogP contribution < -0.4 is 10.2 Å². The van der Waals surface area contributed by atoms with Crippen molar-refractivity contribution in [3.8, 4) is 0 Å². The van der Waals surface area contributed by atoms with Gasteiger partial charge in [-0.2, -0.15) is 0 Å². The Hall–Kier alpha value is -3.49. The molecule has 1 aliphatic heterocycles. The van der Waals surface area contributed by atoms with E-state index in [2.05, 4.69) is 33.4 Å². The summed E-state index contributed by atoms with van der Waals surface area (Å²) >= 11 is 9.42. The largest absolute Gasteiger partial charge is 0.452 e. The molecule has 3 aromatic rings. The molecule has 1 heterocycles. The molecule has 0 unspecified atom stereocenters. The van der Waals surface area contributed by atoms with Crippen LogP contribution in [0, 0.1) is 23.7 Å². The summed E-state index contributed by atoms with van der Waals surface area (Å²) in [6.07, 6.45) is 1.79. The molecule has 3 aromatic carbocycles. The molecule has 2 saturated carbocycles. The molecule has 2 aliphatic carbocycles. The van der Waals surface area contributed by atoms with Gasteiger partial charge in [0.25, 0.3) is 5.91 Å². The van der Waals surface area contributed by atoms with Crippen LogP contribution in [0.5, 0.6) is 0 Å². The van der Waals surface area contributed by atoms with Crippen LogP contribution in [0.3, 0.4) is 0 Å². The van der Waals surface area contributed by atoms with E-state index in [0.717, 1.165) is 17.3 Å². The number of benzene rings is 3. The molecular formula is C30H24BrClN2O5. The van der Waals surface area contributed by atoms with Crippen LogP contribution in [0.25, 0.3) is 0 Å². The van der Waals surface area contributed by atoms with Crippen molar-refractivity contribution in [2.45, 2.75) is 18.8 Å². The Labute approximate surface area is 238 Å². The minimum Gasteiger partial charge on any atom is -0.452 e. The number of carbonyl (C=O) groups excluding carboxylic acids is 4. The van der Waals surface area contributed by atoms with Gasteiger partial charge in [-0.3, -0.25) is 19.3 Å². The number of fused-ring (bicyclic) bond motifs is 5. The van der Waals surface area contributed by atoms with Crippen molar-refractivity contribution in [1.29, 1.82) is 0 Å². The Balaban J connectivity index is 1.14. The number of carbonyl (C=O) groups is 4. The number of halogens is 2. The molecule has 7 nitrogen and oxygen atoms in total. The van der Waals surface area contributed by atoms with Crippen molar-refractivity contribution in [2.24, 2.45) is 23.7 Å². The van der Waals surface area contributed by atoms with Crippen LogP contribution in [-0.4, -0.2) is 30.3 Å². The summed E-state index contributed by atoms with van der Waals surface area (Å²) in [4.78, 5) is 53.3. The molecular weight excluding hydrogens is 584 g/mol. The Morgan fingerprint density at radius 1 is 0.949 bits per heavy atom. The Kier molecular flexibility index (Phi) is 6.77. The van der Waals surface area contributed by atoms with Crippen molar-refractivity contribution in [2.75, 3.05) is 16.8 Å². The molecule has 6 rings (SSSR count). The lowest BCUT2D eigenvalue weighted by atomic mass is 9.73. The van der Waals surface area contributed by atoms with Crippen molar-refractivity contribution >= 4 is 62.6 Å². The molecule has 2 bridgehead atoms. The first kappa shape index (κ1) is 25.8. The summed E-state index contributed by atoms with van der Waals surface area (Å²) in [5, 5.41) is 2.94. The lowest BCUT2D eigenvalue weighted by Gasteiger charge is -2.28. The van der Waals surface area contributed by atoms with Gasteiger partial charge >= 0.3 is 5.97 Å². The maximum absolute atomic E-state index is 13.6. The Bertz CT molecular complexity index is 1500. The number of nitrogens with zero attached hydrogens (tertiary/aromatic N) is 1. The predicted molar refractivity (Wildman–Crippen MR) is 149 cm³/mol. The van der Waals surface area contributed by atoms with Crippen LogP contribution in [0.2, 0.25) is 5.02 Å². The number of esters is 1. The molecule has 0 spiro atoms. The van der Waals surface area contributed by atoms with Crippen molar-refractivity contribution in [3.05, 3.63) is 93.4 Å². The summed E-state index contributed by atoms with van der Waals surface area (Å²) in [6.45, 7) is -0.522. The third-order valence-corrected chi connectivity index (χ3v) is 8.93. The minimum absolute atomic E-state index is 0.134. The third-order valence-electron chi connectivity index (χ3n) is 8.12. The second-order valence-electron chi connectivity index (χ2n) is 10.3. The average molecular weight is 608 g/mol. The number of ether oxygens (including phenoxy) is 1. The maximum atomic E-state index is 13.6. The maximum Gasteiger partial charge on any atom is 0.338 e. The molecule has 9 heteroatoms. The Morgan fingerprint density at radius 3 is 2.49 bits per heavy atom. The summed E-state index contributed by atoms with van der Waals surface area (Å²) in [7, 11) is 0. The first-order valence-corrected chi connectivity index (χ1v) is 13.9. The van der Waals surface area contributed by atoms with Crippen molar-refractivity contribution in [3.63, 3.8) is 0 Å². The molecule has 1 saturated heterocycles. The third kappa shape index (κ3) is 4.66. The molecule has 3 amide bonds. The zero-order chi connectivity index (χ0) is 27.3. The molecule has 5 atom stereocenters. The summed E-state index contributed by atoms with van der Waals surface area (Å²) < 4.78 is 5.95. The summed E-state index contributed by atoms with van der Waals surface area (Å²) in [6, 6.07) is 21.4. The summed E-state index contributed by atoms with van der Waals surface area (Å²) in [5.74, 6) is -1.75. The predicted octanol–water partition coefficient (Wildman–Crippen LogP) is 5.83. The van der Waals surface area contributed by atoms with Crippen LogP contribution in [0.4, 0.5) is 11.4 Å². The normalized spacial score (nSPS) is 25.1. The fourth-order valence-corrected chi connectivity index (χ4v) is 7.28. The lowest BCUT2D eigenvalue weighted by molar-refractivity contribution is -0.123. The fraction of sp³-hybridized carbons (Fsp3) is 0.267. The summed E-state index contributed by atoms with van der Waals surface area (Å²) in [5.41, 5.74) is 2.10. The molecule has 1 N–H and O–H groups in total.